The minimum absolute atomic E-state index is 0.0676. The van der Waals surface area contributed by atoms with Gasteiger partial charge in [0.1, 0.15) is 0 Å². The maximum Gasteiger partial charge on any atom is 0.251 e. The highest BCUT2D eigenvalue weighted by Gasteiger charge is 2.53. The van der Waals surface area contributed by atoms with Crippen molar-refractivity contribution < 1.29 is 9.59 Å². The molecule has 0 spiro atoms. The largest absolute Gasteiger partial charge is 0.300 e. The molecule has 4 bridgehead atoms. The van der Waals surface area contributed by atoms with E-state index in [0.717, 1.165) is 17.8 Å². The van der Waals surface area contributed by atoms with E-state index in [0.29, 0.717) is 12.1 Å². The van der Waals surface area contributed by atoms with E-state index in [1.54, 1.807) is 0 Å². The van der Waals surface area contributed by atoms with Gasteiger partial charge in [0.2, 0.25) is 5.91 Å². The zero-order valence-corrected chi connectivity index (χ0v) is 13.9. The van der Waals surface area contributed by atoms with Crippen LogP contribution in [-0.2, 0) is 9.59 Å². The van der Waals surface area contributed by atoms with Gasteiger partial charge >= 0.3 is 0 Å². The van der Waals surface area contributed by atoms with E-state index < -0.39 is 0 Å². The van der Waals surface area contributed by atoms with Gasteiger partial charge < -0.3 is 0 Å². The molecule has 1 aromatic rings. The Morgan fingerprint density at radius 1 is 0.917 bits per heavy atom. The molecule has 24 heavy (non-hydrogen) atoms. The molecule has 1 saturated heterocycles. The maximum absolute atomic E-state index is 12.9. The van der Waals surface area contributed by atoms with Crippen LogP contribution in [0, 0.1) is 17.8 Å². The number of imide groups is 1. The summed E-state index contributed by atoms with van der Waals surface area (Å²) in [7, 11) is 0. The molecular formula is C20H24N2O2. The lowest BCUT2D eigenvalue weighted by Gasteiger charge is -2.57. The molecule has 1 atom stereocenters. The van der Waals surface area contributed by atoms with Crippen LogP contribution in [0.25, 0.3) is 0 Å². The van der Waals surface area contributed by atoms with Crippen molar-refractivity contribution in [1.82, 2.24) is 5.32 Å². The number of hydrogen-bond acceptors (Lipinski definition) is 3. The van der Waals surface area contributed by atoms with Crippen molar-refractivity contribution in [3.8, 4) is 0 Å². The molecule has 5 fully saturated rings. The molecule has 0 unspecified atom stereocenters. The second kappa shape index (κ2) is 5.16. The zero-order valence-electron chi connectivity index (χ0n) is 13.9. The second-order valence-corrected chi connectivity index (χ2v) is 8.50. The number of rotatable bonds is 3. The molecule has 1 aromatic carbocycles. The number of nitrogens with zero attached hydrogens (tertiary/aromatic N) is 1. The fourth-order valence-corrected chi connectivity index (χ4v) is 6.25. The Morgan fingerprint density at radius 2 is 1.50 bits per heavy atom. The average Bonchev–Trinajstić information content (AvgIpc) is 2.80. The quantitative estimate of drug-likeness (QED) is 0.870. The summed E-state index contributed by atoms with van der Waals surface area (Å²) in [5.41, 5.74) is 0.810. The topological polar surface area (TPSA) is 49.4 Å². The third kappa shape index (κ3) is 2.23. The highest BCUT2D eigenvalue weighted by Crippen LogP contribution is 2.55. The number of carbonyl (C=O) groups excluding carboxylic acids is 2. The minimum atomic E-state index is -0.339. The van der Waals surface area contributed by atoms with E-state index in [2.05, 4.69) is 5.32 Å². The summed E-state index contributed by atoms with van der Waals surface area (Å²) in [6.45, 7) is 0. The van der Waals surface area contributed by atoms with E-state index in [4.69, 9.17) is 0 Å². The fourth-order valence-electron chi connectivity index (χ4n) is 6.25. The maximum atomic E-state index is 12.9. The molecule has 4 saturated carbocycles. The monoisotopic (exact) mass is 324 g/mol. The van der Waals surface area contributed by atoms with E-state index in [1.165, 1.54) is 43.4 Å². The van der Waals surface area contributed by atoms with Crippen LogP contribution in [0.4, 0.5) is 5.69 Å². The summed E-state index contributed by atoms with van der Waals surface area (Å²) < 4.78 is 0. The normalized spacial score (nSPS) is 40.6. The number of nitrogens with one attached hydrogen (secondary N) is 1. The Labute approximate surface area is 142 Å². The van der Waals surface area contributed by atoms with Gasteiger partial charge in [-0.3, -0.25) is 14.9 Å². The predicted molar refractivity (Wildman–Crippen MR) is 91.4 cm³/mol. The van der Waals surface area contributed by atoms with Gasteiger partial charge in [0.25, 0.3) is 5.91 Å². The third-order valence-electron chi connectivity index (χ3n) is 6.68. The Bertz CT molecular complexity index is 649. The van der Waals surface area contributed by atoms with Gasteiger partial charge in [-0.05, 0) is 68.4 Å². The van der Waals surface area contributed by atoms with Crippen LogP contribution < -0.4 is 10.2 Å². The fraction of sp³-hybridized carbons (Fsp3) is 0.600. The predicted octanol–water partition coefficient (Wildman–Crippen LogP) is 2.88. The van der Waals surface area contributed by atoms with Gasteiger partial charge in [0.05, 0.1) is 18.2 Å². The van der Waals surface area contributed by atoms with Gasteiger partial charge in [-0.15, -0.1) is 0 Å². The van der Waals surface area contributed by atoms with Gasteiger partial charge in [-0.25, -0.2) is 4.90 Å². The van der Waals surface area contributed by atoms with Gasteiger partial charge in [0.15, 0.2) is 0 Å². The molecule has 126 valence electrons. The standard InChI is InChI=1S/C20H24N2O2/c23-18-9-17(19(24)22(18)16-4-2-1-3-5-16)21-20-10-13-6-14(11-20)8-15(7-13)12-20/h1-5,13-15,17,21H,6-12H2/t13?,14?,15?,17-,20?/m0/s1. The molecule has 2 amide bonds. The summed E-state index contributed by atoms with van der Waals surface area (Å²) in [4.78, 5) is 26.7. The van der Waals surface area contributed by atoms with E-state index in [-0.39, 0.29) is 23.4 Å². The lowest BCUT2D eigenvalue weighted by Crippen LogP contribution is -2.61. The van der Waals surface area contributed by atoms with Gasteiger partial charge in [0, 0.05) is 5.54 Å². The zero-order chi connectivity index (χ0) is 16.3. The van der Waals surface area contributed by atoms with E-state index >= 15 is 0 Å². The molecule has 0 radical (unpaired) electrons. The summed E-state index contributed by atoms with van der Waals surface area (Å²) in [5, 5.41) is 3.69. The molecule has 1 heterocycles. The van der Waals surface area contributed by atoms with Crippen LogP contribution in [0.2, 0.25) is 0 Å². The van der Waals surface area contributed by atoms with Crippen molar-refractivity contribution >= 4 is 17.5 Å². The molecule has 1 aliphatic heterocycles. The average molecular weight is 324 g/mol. The molecule has 1 N–H and O–H groups in total. The van der Waals surface area contributed by atoms with E-state index in [1.807, 2.05) is 30.3 Å². The number of anilines is 1. The van der Waals surface area contributed by atoms with Crippen LogP contribution in [0.5, 0.6) is 0 Å². The Kier molecular flexibility index (Phi) is 3.15. The first kappa shape index (κ1) is 14.6. The Balaban J connectivity index is 1.37. The summed E-state index contributed by atoms with van der Waals surface area (Å²) in [6, 6.07) is 8.98. The Morgan fingerprint density at radius 3 is 2.08 bits per heavy atom. The Hall–Kier alpha value is -1.68. The molecule has 6 rings (SSSR count). The minimum Gasteiger partial charge on any atom is -0.300 e. The van der Waals surface area contributed by atoms with Gasteiger partial charge in [-0.2, -0.15) is 0 Å². The van der Waals surface area contributed by atoms with Gasteiger partial charge in [-0.1, -0.05) is 18.2 Å². The van der Waals surface area contributed by atoms with Crippen molar-refractivity contribution in [2.24, 2.45) is 17.8 Å². The lowest BCUT2D eigenvalue weighted by atomic mass is 9.53. The number of hydrogen-bond donors (Lipinski definition) is 1. The third-order valence-corrected chi connectivity index (χ3v) is 6.68. The van der Waals surface area contributed by atoms with Crippen LogP contribution in [0.15, 0.2) is 30.3 Å². The first-order chi connectivity index (χ1) is 11.6. The highest BCUT2D eigenvalue weighted by molar-refractivity contribution is 6.22. The van der Waals surface area contributed by atoms with Crippen molar-refractivity contribution in [2.75, 3.05) is 4.90 Å². The first-order valence-electron chi connectivity index (χ1n) is 9.31. The van der Waals surface area contributed by atoms with Crippen molar-refractivity contribution in [3.63, 3.8) is 0 Å². The molecule has 4 heteroatoms. The van der Waals surface area contributed by atoms with Crippen molar-refractivity contribution in [2.45, 2.75) is 56.5 Å². The SMILES string of the molecule is O=C1C[C@H](NC23CC4CC(CC(C4)C2)C3)C(=O)N1c1ccccc1. The molecular weight excluding hydrogens is 300 g/mol. The van der Waals surface area contributed by atoms with Crippen LogP contribution in [-0.4, -0.2) is 23.4 Å². The first-order valence-corrected chi connectivity index (χ1v) is 9.31. The molecule has 4 aliphatic carbocycles. The summed E-state index contributed by atoms with van der Waals surface area (Å²) in [6.07, 6.45) is 8.04. The number of carbonyl (C=O) groups is 2. The molecule has 0 aromatic heterocycles. The summed E-state index contributed by atoms with van der Waals surface area (Å²) >= 11 is 0. The second-order valence-electron chi connectivity index (χ2n) is 8.50. The van der Waals surface area contributed by atoms with Crippen LogP contribution >= 0.6 is 0 Å². The number of amides is 2. The molecule has 5 aliphatic rings. The van der Waals surface area contributed by atoms with Crippen molar-refractivity contribution in [1.29, 1.82) is 0 Å². The van der Waals surface area contributed by atoms with E-state index in [9.17, 15) is 9.59 Å². The highest BCUT2D eigenvalue weighted by atomic mass is 16.2. The van der Waals surface area contributed by atoms with Crippen LogP contribution in [0.1, 0.15) is 44.9 Å². The number of para-hydroxylation sites is 1. The van der Waals surface area contributed by atoms with Crippen molar-refractivity contribution in [3.05, 3.63) is 30.3 Å². The summed E-state index contributed by atoms with van der Waals surface area (Å²) in [5.74, 6) is 2.36. The number of benzene rings is 1. The lowest BCUT2D eigenvalue weighted by molar-refractivity contribution is -0.122. The molecule has 4 nitrogen and oxygen atoms in total. The van der Waals surface area contributed by atoms with Crippen LogP contribution in [0.3, 0.4) is 0 Å². The smallest absolute Gasteiger partial charge is 0.251 e.